The summed E-state index contributed by atoms with van der Waals surface area (Å²) in [6.45, 7) is 2.14. The predicted molar refractivity (Wildman–Crippen MR) is 61.7 cm³/mol. The third kappa shape index (κ3) is 10.2. The lowest BCUT2D eigenvalue weighted by atomic mass is 9.95. The molecule has 0 heterocycles. The minimum atomic E-state index is -0.695. The van der Waals surface area contributed by atoms with Crippen molar-refractivity contribution < 1.29 is 15.3 Å². The van der Waals surface area contributed by atoms with Gasteiger partial charge in [-0.2, -0.15) is 0 Å². The molecule has 1 atom stereocenters. The van der Waals surface area contributed by atoms with E-state index in [-0.39, 0.29) is 6.61 Å². The summed E-state index contributed by atoms with van der Waals surface area (Å²) in [5, 5.41) is 27.1. The average Bonchev–Trinajstić information content (AvgIpc) is 2.16. The van der Waals surface area contributed by atoms with Gasteiger partial charge < -0.3 is 15.3 Å². The molecule has 0 spiro atoms. The van der Waals surface area contributed by atoms with Gasteiger partial charge in [-0.25, -0.2) is 0 Å². The largest absolute Gasteiger partial charge is 0.396 e. The first-order chi connectivity index (χ1) is 7.12. The predicted octanol–water partition coefficient (Wildman–Crippen LogP) is 1.84. The third-order valence-corrected chi connectivity index (χ3v) is 2.77. The van der Waals surface area contributed by atoms with Crippen molar-refractivity contribution in [3.8, 4) is 0 Å². The topological polar surface area (TPSA) is 60.7 Å². The standard InChI is InChI=1S/C12H26O3/c1-12(15,9-11-14)8-6-4-2-3-5-7-10-13/h13-15H,2-11H2,1H3. The highest BCUT2D eigenvalue weighted by Gasteiger charge is 2.18. The van der Waals surface area contributed by atoms with E-state index in [4.69, 9.17) is 10.2 Å². The molecule has 0 saturated heterocycles. The SMILES string of the molecule is CC(O)(CCO)CCCCCCCCO. The molecule has 0 aromatic rings. The van der Waals surface area contributed by atoms with E-state index in [9.17, 15) is 5.11 Å². The Hall–Kier alpha value is -0.120. The van der Waals surface area contributed by atoms with Gasteiger partial charge in [-0.05, 0) is 26.2 Å². The molecule has 3 nitrogen and oxygen atoms in total. The fourth-order valence-electron chi connectivity index (χ4n) is 1.69. The smallest absolute Gasteiger partial charge is 0.0641 e. The molecule has 0 aromatic carbocycles. The fourth-order valence-corrected chi connectivity index (χ4v) is 1.69. The molecule has 0 aliphatic carbocycles. The van der Waals surface area contributed by atoms with Crippen LogP contribution in [0.3, 0.4) is 0 Å². The first kappa shape index (κ1) is 14.9. The Morgan fingerprint density at radius 1 is 0.733 bits per heavy atom. The van der Waals surface area contributed by atoms with E-state index in [1.807, 2.05) is 0 Å². The van der Waals surface area contributed by atoms with Crippen molar-refractivity contribution in [2.75, 3.05) is 13.2 Å². The Kier molecular flexibility index (Phi) is 9.06. The molecule has 3 heteroatoms. The molecular formula is C12H26O3. The maximum absolute atomic E-state index is 9.76. The van der Waals surface area contributed by atoms with E-state index in [1.165, 1.54) is 12.8 Å². The van der Waals surface area contributed by atoms with E-state index in [0.717, 1.165) is 32.1 Å². The number of rotatable bonds is 10. The van der Waals surface area contributed by atoms with Crippen LogP contribution in [-0.2, 0) is 0 Å². The minimum absolute atomic E-state index is 0.0590. The van der Waals surface area contributed by atoms with Crippen LogP contribution in [0.15, 0.2) is 0 Å². The quantitative estimate of drug-likeness (QED) is 0.490. The van der Waals surface area contributed by atoms with Crippen molar-refractivity contribution in [1.82, 2.24) is 0 Å². The van der Waals surface area contributed by atoms with Gasteiger partial charge in [0, 0.05) is 13.2 Å². The molecule has 0 rings (SSSR count). The van der Waals surface area contributed by atoms with Crippen molar-refractivity contribution in [2.45, 2.75) is 63.9 Å². The normalized spacial score (nSPS) is 15.2. The number of hydrogen-bond donors (Lipinski definition) is 3. The minimum Gasteiger partial charge on any atom is -0.396 e. The van der Waals surface area contributed by atoms with Crippen molar-refractivity contribution in [3.63, 3.8) is 0 Å². The summed E-state index contributed by atoms with van der Waals surface area (Å²) < 4.78 is 0. The first-order valence-corrected chi connectivity index (χ1v) is 6.06. The molecule has 0 aliphatic heterocycles. The Morgan fingerprint density at radius 3 is 1.80 bits per heavy atom. The van der Waals surface area contributed by atoms with Crippen LogP contribution in [0.1, 0.15) is 58.3 Å². The van der Waals surface area contributed by atoms with E-state index < -0.39 is 5.60 Å². The van der Waals surface area contributed by atoms with Crippen molar-refractivity contribution in [2.24, 2.45) is 0 Å². The van der Waals surface area contributed by atoms with Gasteiger partial charge in [0.1, 0.15) is 0 Å². The molecule has 0 saturated carbocycles. The molecule has 15 heavy (non-hydrogen) atoms. The third-order valence-electron chi connectivity index (χ3n) is 2.77. The summed E-state index contributed by atoms with van der Waals surface area (Å²) in [5.41, 5.74) is -0.695. The number of unbranched alkanes of at least 4 members (excludes halogenated alkanes) is 5. The molecule has 0 fully saturated rings. The second-order valence-corrected chi connectivity index (χ2v) is 4.57. The van der Waals surface area contributed by atoms with Gasteiger partial charge in [0.05, 0.1) is 5.60 Å². The maximum Gasteiger partial charge on any atom is 0.0641 e. The van der Waals surface area contributed by atoms with Crippen LogP contribution in [-0.4, -0.2) is 34.1 Å². The molecule has 0 bridgehead atoms. The van der Waals surface area contributed by atoms with Crippen LogP contribution in [0.2, 0.25) is 0 Å². The molecular weight excluding hydrogens is 192 g/mol. The highest BCUT2D eigenvalue weighted by atomic mass is 16.3. The molecule has 0 amide bonds. The van der Waals surface area contributed by atoms with Gasteiger partial charge in [0.25, 0.3) is 0 Å². The molecule has 0 radical (unpaired) electrons. The van der Waals surface area contributed by atoms with Gasteiger partial charge in [-0.3, -0.25) is 0 Å². The maximum atomic E-state index is 9.76. The highest BCUT2D eigenvalue weighted by molar-refractivity contribution is 4.71. The number of hydrogen-bond acceptors (Lipinski definition) is 3. The van der Waals surface area contributed by atoms with Crippen LogP contribution in [0.25, 0.3) is 0 Å². The molecule has 0 aromatic heterocycles. The molecule has 0 aliphatic rings. The summed E-state index contributed by atoms with van der Waals surface area (Å²) in [4.78, 5) is 0. The lowest BCUT2D eigenvalue weighted by molar-refractivity contribution is 0.0232. The van der Waals surface area contributed by atoms with Crippen LogP contribution in [0, 0.1) is 0 Å². The Morgan fingerprint density at radius 2 is 1.27 bits per heavy atom. The average molecular weight is 218 g/mol. The Bertz CT molecular complexity index is 135. The molecule has 3 N–H and O–H groups in total. The Labute approximate surface area is 93.1 Å². The van der Waals surface area contributed by atoms with E-state index >= 15 is 0 Å². The van der Waals surface area contributed by atoms with Gasteiger partial charge in [-0.1, -0.05) is 32.1 Å². The summed E-state index contributed by atoms with van der Waals surface area (Å²) in [6.07, 6.45) is 7.74. The van der Waals surface area contributed by atoms with Crippen LogP contribution < -0.4 is 0 Å². The van der Waals surface area contributed by atoms with Crippen molar-refractivity contribution >= 4 is 0 Å². The lowest BCUT2D eigenvalue weighted by Crippen LogP contribution is -2.25. The van der Waals surface area contributed by atoms with Gasteiger partial charge in [0.15, 0.2) is 0 Å². The number of aliphatic hydroxyl groups excluding tert-OH is 2. The monoisotopic (exact) mass is 218 g/mol. The van der Waals surface area contributed by atoms with Gasteiger partial charge in [0.2, 0.25) is 0 Å². The zero-order chi connectivity index (χ0) is 11.6. The molecule has 1 unspecified atom stereocenters. The summed E-state index contributed by atoms with van der Waals surface area (Å²) >= 11 is 0. The van der Waals surface area contributed by atoms with Crippen LogP contribution in [0.4, 0.5) is 0 Å². The van der Waals surface area contributed by atoms with E-state index in [0.29, 0.717) is 13.0 Å². The second kappa shape index (κ2) is 9.13. The summed E-state index contributed by atoms with van der Waals surface area (Å²) in [7, 11) is 0. The van der Waals surface area contributed by atoms with Crippen molar-refractivity contribution in [3.05, 3.63) is 0 Å². The van der Waals surface area contributed by atoms with Gasteiger partial charge in [-0.15, -0.1) is 0 Å². The van der Waals surface area contributed by atoms with Crippen LogP contribution >= 0.6 is 0 Å². The lowest BCUT2D eigenvalue weighted by Gasteiger charge is -2.21. The fraction of sp³-hybridized carbons (Fsp3) is 1.00. The summed E-state index contributed by atoms with van der Waals surface area (Å²) in [6, 6.07) is 0. The highest BCUT2D eigenvalue weighted by Crippen LogP contribution is 2.18. The zero-order valence-electron chi connectivity index (χ0n) is 9.91. The first-order valence-electron chi connectivity index (χ1n) is 6.06. The second-order valence-electron chi connectivity index (χ2n) is 4.57. The van der Waals surface area contributed by atoms with E-state index in [1.54, 1.807) is 6.92 Å². The van der Waals surface area contributed by atoms with Gasteiger partial charge >= 0.3 is 0 Å². The molecule has 92 valence electrons. The van der Waals surface area contributed by atoms with E-state index in [2.05, 4.69) is 0 Å². The number of aliphatic hydroxyl groups is 3. The zero-order valence-corrected chi connectivity index (χ0v) is 9.91. The van der Waals surface area contributed by atoms with Crippen LogP contribution in [0.5, 0.6) is 0 Å². The summed E-state index contributed by atoms with van der Waals surface area (Å²) in [5.74, 6) is 0. The Balaban J connectivity index is 3.22. The van der Waals surface area contributed by atoms with Crippen molar-refractivity contribution in [1.29, 1.82) is 0 Å².